The van der Waals surface area contributed by atoms with Crippen molar-refractivity contribution >= 4 is 5.82 Å². The minimum absolute atomic E-state index is 0.0442. The zero-order valence-electron chi connectivity index (χ0n) is 10.4. The Morgan fingerprint density at radius 1 is 1.62 bits per heavy atom. The SMILES string of the molecule is CC1CC1CN(C)c1ncccc1[C@H](C)N. The first kappa shape index (κ1) is 11.4. The zero-order valence-corrected chi connectivity index (χ0v) is 10.4. The molecule has 88 valence electrons. The minimum atomic E-state index is 0.0442. The van der Waals surface area contributed by atoms with Gasteiger partial charge in [-0.1, -0.05) is 13.0 Å². The monoisotopic (exact) mass is 219 g/mol. The average Bonchev–Trinajstić information content (AvgIpc) is 2.94. The highest BCUT2D eigenvalue weighted by Crippen LogP contribution is 2.38. The van der Waals surface area contributed by atoms with Gasteiger partial charge >= 0.3 is 0 Å². The number of anilines is 1. The molecule has 0 amide bonds. The van der Waals surface area contributed by atoms with E-state index < -0.39 is 0 Å². The Balaban J connectivity index is 2.12. The van der Waals surface area contributed by atoms with Crippen LogP contribution in [0.3, 0.4) is 0 Å². The topological polar surface area (TPSA) is 42.2 Å². The lowest BCUT2D eigenvalue weighted by Crippen LogP contribution is -2.24. The minimum Gasteiger partial charge on any atom is -0.359 e. The fourth-order valence-electron chi connectivity index (χ4n) is 2.18. The van der Waals surface area contributed by atoms with Crippen molar-refractivity contribution in [3.8, 4) is 0 Å². The molecule has 0 aliphatic heterocycles. The molecule has 1 aromatic rings. The molecule has 0 saturated heterocycles. The van der Waals surface area contributed by atoms with E-state index >= 15 is 0 Å². The van der Waals surface area contributed by atoms with Crippen LogP contribution in [0.2, 0.25) is 0 Å². The van der Waals surface area contributed by atoms with E-state index in [1.807, 2.05) is 19.2 Å². The molecule has 1 saturated carbocycles. The number of rotatable bonds is 4. The predicted octanol–water partition coefficient (Wildman–Crippen LogP) is 2.19. The summed E-state index contributed by atoms with van der Waals surface area (Å²) < 4.78 is 0. The summed E-state index contributed by atoms with van der Waals surface area (Å²) in [5.41, 5.74) is 7.10. The van der Waals surface area contributed by atoms with Crippen LogP contribution in [0.5, 0.6) is 0 Å². The Bertz CT molecular complexity index is 362. The number of pyridine rings is 1. The summed E-state index contributed by atoms with van der Waals surface area (Å²) in [4.78, 5) is 6.69. The summed E-state index contributed by atoms with van der Waals surface area (Å²) in [6.45, 7) is 5.41. The van der Waals surface area contributed by atoms with Crippen LogP contribution in [0.15, 0.2) is 18.3 Å². The molecule has 1 aromatic heterocycles. The molecule has 1 aliphatic rings. The fraction of sp³-hybridized carbons (Fsp3) is 0.615. The summed E-state index contributed by atoms with van der Waals surface area (Å²) >= 11 is 0. The highest BCUT2D eigenvalue weighted by molar-refractivity contribution is 5.47. The van der Waals surface area contributed by atoms with E-state index in [1.54, 1.807) is 0 Å². The molecule has 3 nitrogen and oxygen atoms in total. The van der Waals surface area contributed by atoms with Gasteiger partial charge in [0.2, 0.25) is 0 Å². The van der Waals surface area contributed by atoms with Gasteiger partial charge in [-0.2, -0.15) is 0 Å². The highest BCUT2D eigenvalue weighted by atomic mass is 15.2. The van der Waals surface area contributed by atoms with E-state index in [9.17, 15) is 0 Å². The standard InChI is InChI=1S/C13H21N3/c1-9-7-11(9)8-16(3)13-12(10(2)14)5-4-6-15-13/h4-6,9-11H,7-8,14H2,1-3H3/t9?,10-,11?/m0/s1. The van der Waals surface area contributed by atoms with Gasteiger partial charge in [0, 0.05) is 31.4 Å². The van der Waals surface area contributed by atoms with Gasteiger partial charge in [-0.15, -0.1) is 0 Å². The second-order valence-corrected chi connectivity index (χ2v) is 5.06. The lowest BCUT2D eigenvalue weighted by molar-refractivity contribution is 0.708. The van der Waals surface area contributed by atoms with E-state index in [0.29, 0.717) is 0 Å². The van der Waals surface area contributed by atoms with Crippen molar-refractivity contribution in [1.82, 2.24) is 4.98 Å². The van der Waals surface area contributed by atoms with Gasteiger partial charge in [0.05, 0.1) is 0 Å². The lowest BCUT2D eigenvalue weighted by Gasteiger charge is -2.22. The van der Waals surface area contributed by atoms with Crippen LogP contribution in [-0.2, 0) is 0 Å². The number of nitrogens with zero attached hydrogens (tertiary/aromatic N) is 2. The predicted molar refractivity (Wildman–Crippen MR) is 67.4 cm³/mol. The molecule has 2 rings (SSSR count). The maximum Gasteiger partial charge on any atom is 0.133 e. The molecule has 0 spiro atoms. The van der Waals surface area contributed by atoms with Gasteiger partial charge < -0.3 is 10.6 Å². The molecule has 3 heteroatoms. The third-order valence-corrected chi connectivity index (χ3v) is 3.45. The van der Waals surface area contributed by atoms with E-state index in [2.05, 4.69) is 29.9 Å². The summed E-state index contributed by atoms with van der Waals surface area (Å²) in [7, 11) is 2.11. The van der Waals surface area contributed by atoms with Crippen LogP contribution < -0.4 is 10.6 Å². The van der Waals surface area contributed by atoms with Crippen molar-refractivity contribution in [3.05, 3.63) is 23.9 Å². The summed E-state index contributed by atoms with van der Waals surface area (Å²) in [6, 6.07) is 4.07. The zero-order chi connectivity index (χ0) is 11.7. The van der Waals surface area contributed by atoms with Crippen LogP contribution >= 0.6 is 0 Å². The van der Waals surface area contributed by atoms with Crippen LogP contribution in [0.1, 0.15) is 31.9 Å². The summed E-state index contributed by atoms with van der Waals surface area (Å²) in [5, 5.41) is 0. The molecule has 0 bridgehead atoms. The molecule has 1 fully saturated rings. The molecule has 0 aromatic carbocycles. The van der Waals surface area contributed by atoms with E-state index in [-0.39, 0.29) is 6.04 Å². The summed E-state index contributed by atoms with van der Waals surface area (Å²) in [5.74, 6) is 2.76. The highest BCUT2D eigenvalue weighted by Gasteiger charge is 2.33. The Labute approximate surface area is 97.7 Å². The van der Waals surface area contributed by atoms with Crippen LogP contribution in [0, 0.1) is 11.8 Å². The maximum absolute atomic E-state index is 5.96. The average molecular weight is 219 g/mol. The van der Waals surface area contributed by atoms with Gasteiger partial charge in [0.15, 0.2) is 0 Å². The van der Waals surface area contributed by atoms with Gasteiger partial charge in [-0.3, -0.25) is 0 Å². The third kappa shape index (κ3) is 2.35. The first-order chi connectivity index (χ1) is 7.59. The van der Waals surface area contributed by atoms with Gasteiger partial charge in [-0.25, -0.2) is 4.98 Å². The van der Waals surface area contributed by atoms with Crippen LogP contribution in [0.4, 0.5) is 5.82 Å². The van der Waals surface area contributed by atoms with E-state index in [4.69, 9.17) is 5.73 Å². The van der Waals surface area contributed by atoms with Crippen molar-refractivity contribution in [2.45, 2.75) is 26.3 Å². The molecule has 2 unspecified atom stereocenters. The Morgan fingerprint density at radius 3 is 2.88 bits per heavy atom. The Morgan fingerprint density at radius 2 is 2.31 bits per heavy atom. The van der Waals surface area contributed by atoms with Gasteiger partial charge in [-0.05, 0) is 31.2 Å². The van der Waals surface area contributed by atoms with Crippen LogP contribution in [-0.4, -0.2) is 18.6 Å². The number of nitrogens with two attached hydrogens (primary N) is 1. The number of aromatic nitrogens is 1. The number of hydrogen-bond donors (Lipinski definition) is 1. The van der Waals surface area contributed by atoms with E-state index in [1.165, 1.54) is 6.42 Å². The smallest absolute Gasteiger partial charge is 0.133 e. The summed E-state index contributed by atoms with van der Waals surface area (Å²) in [6.07, 6.45) is 3.19. The van der Waals surface area contributed by atoms with E-state index in [0.717, 1.165) is 29.8 Å². The molecule has 16 heavy (non-hydrogen) atoms. The van der Waals surface area contributed by atoms with Crippen molar-refractivity contribution in [3.63, 3.8) is 0 Å². The van der Waals surface area contributed by atoms with Crippen molar-refractivity contribution in [1.29, 1.82) is 0 Å². The second-order valence-electron chi connectivity index (χ2n) is 5.06. The maximum atomic E-state index is 5.96. The third-order valence-electron chi connectivity index (χ3n) is 3.45. The van der Waals surface area contributed by atoms with Crippen molar-refractivity contribution < 1.29 is 0 Å². The molecular weight excluding hydrogens is 198 g/mol. The lowest BCUT2D eigenvalue weighted by atomic mass is 10.1. The number of hydrogen-bond acceptors (Lipinski definition) is 3. The van der Waals surface area contributed by atoms with Gasteiger partial charge in [0.25, 0.3) is 0 Å². The Hall–Kier alpha value is -1.09. The molecule has 0 radical (unpaired) electrons. The second kappa shape index (κ2) is 4.42. The first-order valence-corrected chi connectivity index (χ1v) is 6.01. The quantitative estimate of drug-likeness (QED) is 0.844. The first-order valence-electron chi connectivity index (χ1n) is 6.01. The van der Waals surface area contributed by atoms with Crippen molar-refractivity contribution in [2.24, 2.45) is 17.6 Å². The normalized spacial score (nSPS) is 25.2. The van der Waals surface area contributed by atoms with Gasteiger partial charge in [0.1, 0.15) is 5.82 Å². The molecule has 1 aliphatic carbocycles. The molecule has 3 atom stereocenters. The molecule has 2 N–H and O–H groups in total. The fourth-order valence-corrected chi connectivity index (χ4v) is 2.18. The Kier molecular flexibility index (Phi) is 3.15. The van der Waals surface area contributed by atoms with Crippen molar-refractivity contribution in [2.75, 3.05) is 18.5 Å². The molecule has 1 heterocycles. The largest absolute Gasteiger partial charge is 0.359 e. The molecular formula is C13H21N3. The van der Waals surface area contributed by atoms with Crippen LogP contribution in [0.25, 0.3) is 0 Å².